The van der Waals surface area contributed by atoms with Gasteiger partial charge in [-0.25, -0.2) is 12.8 Å². The largest absolute Gasteiger partial charge is 0.497 e. The zero-order valence-electron chi connectivity index (χ0n) is 21.9. The Morgan fingerprint density at radius 2 is 1.72 bits per heavy atom. The summed E-state index contributed by atoms with van der Waals surface area (Å²) in [6.07, 6.45) is 1.59. The highest BCUT2D eigenvalue weighted by molar-refractivity contribution is 7.90. The van der Waals surface area contributed by atoms with Gasteiger partial charge in [0, 0.05) is 61.5 Å². The molecule has 39 heavy (non-hydrogen) atoms. The van der Waals surface area contributed by atoms with Crippen LogP contribution >= 0.6 is 0 Å². The number of aromatic nitrogens is 1. The van der Waals surface area contributed by atoms with Crippen LogP contribution in [0.4, 0.5) is 4.39 Å². The minimum absolute atomic E-state index is 0.0963. The second-order valence-electron chi connectivity index (χ2n) is 9.76. The minimum atomic E-state index is -3.65. The lowest BCUT2D eigenvalue weighted by molar-refractivity contribution is 0.0627. The second-order valence-corrected chi connectivity index (χ2v) is 11.7. The van der Waals surface area contributed by atoms with E-state index in [2.05, 4.69) is 9.88 Å². The van der Waals surface area contributed by atoms with Crippen LogP contribution in [0.25, 0.3) is 10.9 Å². The first-order valence-electron chi connectivity index (χ1n) is 12.8. The summed E-state index contributed by atoms with van der Waals surface area (Å²) in [4.78, 5) is 21.6. The zero-order chi connectivity index (χ0) is 27.6. The van der Waals surface area contributed by atoms with Crippen molar-refractivity contribution in [3.8, 4) is 5.75 Å². The van der Waals surface area contributed by atoms with Crippen molar-refractivity contribution in [1.29, 1.82) is 0 Å². The summed E-state index contributed by atoms with van der Waals surface area (Å²) in [5, 5.41) is 0.769. The molecule has 1 aliphatic rings. The van der Waals surface area contributed by atoms with E-state index >= 15 is 0 Å². The summed E-state index contributed by atoms with van der Waals surface area (Å²) in [6, 6.07) is 18.8. The number of hydrogen-bond acceptors (Lipinski definition) is 6. The van der Waals surface area contributed by atoms with Crippen molar-refractivity contribution in [2.75, 3.05) is 33.3 Å². The number of nitrogens with zero attached hydrogens (tertiary/aromatic N) is 3. The molecule has 1 saturated heterocycles. The van der Waals surface area contributed by atoms with Gasteiger partial charge < -0.3 is 9.64 Å². The normalized spacial score (nSPS) is 14.5. The number of piperazine rings is 1. The van der Waals surface area contributed by atoms with Gasteiger partial charge in [-0.15, -0.1) is 0 Å². The molecule has 5 rings (SSSR count). The minimum Gasteiger partial charge on any atom is -0.497 e. The number of methoxy groups -OCH3 is 1. The van der Waals surface area contributed by atoms with Gasteiger partial charge in [0.25, 0.3) is 5.91 Å². The third-order valence-corrected chi connectivity index (χ3v) is 8.87. The Morgan fingerprint density at radius 3 is 2.44 bits per heavy atom. The summed E-state index contributed by atoms with van der Waals surface area (Å²) in [6.45, 7) is 4.60. The maximum Gasteiger partial charge on any atom is 0.253 e. The molecule has 0 spiro atoms. The van der Waals surface area contributed by atoms with Crippen LogP contribution in [0.2, 0.25) is 0 Å². The quantitative estimate of drug-likeness (QED) is 0.336. The Morgan fingerprint density at radius 1 is 0.974 bits per heavy atom. The Labute approximate surface area is 227 Å². The summed E-state index contributed by atoms with van der Waals surface area (Å²) < 4.78 is 46.0. The molecule has 1 aromatic heterocycles. The van der Waals surface area contributed by atoms with Crippen LogP contribution in [0, 0.1) is 12.7 Å². The number of sulfone groups is 1. The number of pyridine rings is 1. The fraction of sp³-hybridized carbons (Fsp3) is 0.267. The predicted molar refractivity (Wildman–Crippen MR) is 148 cm³/mol. The topological polar surface area (TPSA) is 79.8 Å². The molecule has 2 heterocycles. The molecule has 202 valence electrons. The molecule has 4 aromatic rings. The van der Waals surface area contributed by atoms with Gasteiger partial charge in [-0.05, 0) is 48.4 Å². The number of hydrogen-bond donors (Lipinski definition) is 0. The number of carbonyl (C=O) groups is 1. The smallest absolute Gasteiger partial charge is 0.253 e. The molecule has 7 nitrogen and oxygen atoms in total. The van der Waals surface area contributed by atoms with Crippen molar-refractivity contribution >= 4 is 26.6 Å². The lowest BCUT2D eigenvalue weighted by Gasteiger charge is -2.35. The fourth-order valence-electron chi connectivity index (χ4n) is 4.92. The first-order chi connectivity index (χ1) is 18.7. The highest BCUT2D eigenvalue weighted by Gasteiger charge is 2.24. The van der Waals surface area contributed by atoms with E-state index in [1.807, 2.05) is 19.1 Å². The number of aryl methyl sites for hydroxylation is 1. The van der Waals surface area contributed by atoms with Gasteiger partial charge in [-0.1, -0.05) is 30.3 Å². The molecule has 0 radical (unpaired) electrons. The highest BCUT2D eigenvalue weighted by Crippen LogP contribution is 2.26. The molecule has 0 saturated carbocycles. The van der Waals surface area contributed by atoms with E-state index in [0.717, 1.165) is 10.9 Å². The van der Waals surface area contributed by atoms with Gasteiger partial charge in [0.15, 0.2) is 9.84 Å². The number of benzene rings is 3. The zero-order valence-corrected chi connectivity index (χ0v) is 22.7. The molecule has 1 aliphatic heterocycles. The van der Waals surface area contributed by atoms with Crippen molar-refractivity contribution in [1.82, 2.24) is 14.8 Å². The average molecular weight is 548 g/mol. The van der Waals surface area contributed by atoms with Gasteiger partial charge in [-0.2, -0.15) is 0 Å². The lowest BCUT2D eigenvalue weighted by Crippen LogP contribution is -2.48. The predicted octanol–water partition coefficient (Wildman–Crippen LogP) is 4.62. The highest BCUT2D eigenvalue weighted by atomic mass is 32.2. The van der Waals surface area contributed by atoms with Crippen LogP contribution in [0.15, 0.2) is 77.8 Å². The van der Waals surface area contributed by atoms with Crippen LogP contribution in [0.3, 0.4) is 0 Å². The first kappa shape index (κ1) is 26.8. The molecule has 0 aliphatic carbocycles. The SMILES string of the molecule is COc1ccc(CN2CCN(C(=O)c3ccc(CS(=O)(=O)c4cccc5cccnc45)c(C)c3)CC2)c(F)c1. The molecule has 0 bridgehead atoms. The van der Waals surface area contributed by atoms with Gasteiger partial charge in [0.2, 0.25) is 0 Å². The third kappa shape index (κ3) is 5.79. The molecule has 0 unspecified atom stereocenters. The molecule has 0 atom stereocenters. The summed E-state index contributed by atoms with van der Waals surface area (Å²) in [5.74, 6) is -0.0943. The van der Waals surface area contributed by atoms with E-state index in [9.17, 15) is 17.6 Å². The molecule has 1 fully saturated rings. The Kier molecular flexibility index (Phi) is 7.63. The van der Waals surface area contributed by atoms with Crippen molar-refractivity contribution in [3.05, 3.63) is 101 Å². The number of halogens is 1. The first-order valence-corrected chi connectivity index (χ1v) is 14.4. The number of amides is 1. The van der Waals surface area contributed by atoms with E-state index < -0.39 is 9.84 Å². The van der Waals surface area contributed by atoms with Crippen LogP contribution in [-0.4, -0.2) is 62.4 Å². The van der Waals surface area contributed by atoms with Crippen LogP contribution < -0.4 is 4.74 Å². The molecule has 0 N–H and O–H groups in total. The monoisotopic (exact) mass is 547 g/mol. The van der Waals surface area contributed by atoms with E-state index in [1.54, 1.807) is 59.6 Å². The van der Waals surface area contributed by atoms with Crippen molar-refractivity contribution in [2.45, 2.75) is 24.1 Å². The second kappa shape index (κ2) is 11.1. The molecule has 3 aromatic carbocycles. The van der Waals surface area contributed by atoms with E-state index in [1.165, 1.54) is 13.2 Å². The Bertz CT molecular complexity index is 1630. The number of para-hydroxylation sites is 1. The summed E-state index contributed by atoms with van der Waals surface area (Å²) in [5.41, 5.74) is 2.96. The maximum atomic E-state index is 14.3. The molecular formula is C30H30FN3O4S. The van der Waals surface area contributed by atoms with E-state index in [4.69, 9.17) is 4.74 Å². The Balaban J connectivity index is 1.24. The van der Waals surface area contributed by atoms with E-state index in [-0.39, 0.29) is 22.4 Å². The van der Waals surface area contributed by atoms with Crippen LogP contribution in [0.1, 0.15) is 27.0 Å². The number of carbonyl (C=O) groups excluding carboxylic acids is 1. The number of fused-ring (bicyclic) bond motifs is 1. The van der Waals surface area contributed by atoms with Crippen LogP contribution in [0.5, 0.6) is 5.75 Å². The van der Waals surface area contributed by atoms with Gasteiger partial charge >= 0.3 is 0 Å². The van der Waals surface area contributed by atoms with Gasteiger partial charge in [0.05, 0.1) is 23.3 Å². The van der Waals surface area contributed by atoms with Gasteiger partial charge in [0.1, 0.15) is 11.6 Å². The fourth-order valence-corrected chi connectivity index (χ4v) is 6.56. The lowest BCUT2D eigenvalue weighted by atomic mass is 10.1. The standard InChI is InChI=1S/C30H30FN3O4S/c1-21-17-23(8-9-25(21)20-39(36,37)28-7-3-5-22-6-4-12-32-29(22)28)30(35)34-15-13-33(14-16-34)19-24-10-11-26(38-2)18-27(24)31/h3-12,17-18H,13-16,19-20H2,1-2H3. The van der Waals surface area contributed by atoms with Crippen molar-refractivity contribution < 1.29 is 22.3 Å². The van der Waals surface area contributed by atoms with Crippen molar-refractivity contribution in [2.24, 2.45) is 0 Å². The number of ether oxygens (including phenoxy) is 1. The van der Waals surface area contributed by atoms with Crippen molar-refractivity contribution in [3.63, 3.8) is 0 Å². The molecular weight excluding hydrogens is 517 g/mol. The van der Waals surface area contributed by atoms with Crippen LogP contribution in [-0.2, 0) is 22.1 Å². The summed E-state index contributed by atoms with van der Waals surface area (Å²) in [7, 11) is -2.15. The Hall–Kier alpha value is -3.82. The van der Waals surface area contributed by atoms with E-state index in [0.29, 0.717) is 60.7 Å². The maximum absolute atomic E-state index is 14.3. The molecule has 1 amide bonds. The summed E-state index contributed by atoms with van der Waals surface area (Å²) >= 11 is 0. The van der Waals surface area contributed by atoms with Gasteiger partial charge in [-0.3, -0.25) is 14.7 Å². The third-order valence-electron chi connectivity index (χ3n) is 7.18. The number of rotatable bonds is 7. The molecule has 9 heteroatoms. The average Bonchev–Trinajstić information content (AvgIpc) is 2.94.